The second-order valence-electron chi connectivity index (χ2n) is 8.64. The summed E-state index contributed by atoms with van der Waals surface area (Å²) in [7, 11) is 1.64. The second kappa shape index (κ2) is 10.2. The van der Waals surface area contributed by atoms with Gasteiger partial charge < -0.3 is 14.5 Å². The van der Waals surface area contributed by atoms with Crippen molar-refractivity contribution < 1.29 is 9.53 Å². The highest BCUT2D eigenvalue weighted by molar-refractivity contribution is 5.76. The summed E-state index contributed by atoms with van der Waals surface area (Å²) in [5.74, 6) is 2.04. The first-order valence-electron chi connectivity index (χ1n) is 11.6. The minimum Gasteiger partial charge on any atom is -0.384 e. The average Bonchev–Trinajstić information content (AvgIpc) is 2.82. The van der Waals surface area contributed by atoms with Crippen LogP contribution in [0.5, 0.6) is 0 Å². The number of likely N-dealkylation sites (tertiary alicyclic amines) is 1. The van der Waals surface area contributed by atoms with Crippen molar-refractivity contribution in [2.24, 2.45) is 0 Å². The summed E-state index contributed by atoms with van der Waals surface area (Å²) in [6, 6.07) is 10.6. The Hall–Kier alpha value is -2.47. The highest BCUT2D eigenvalue weighted by Crippen LogP contribution is 2.34. The molecule has 0 radical (unpaired) electrons. The quantitative estimate of drug-likeness (QED) is 0.678. The molecule has 2 aliphatic rings. The van der Waals surface area contributed by atoms with Gasteiger partial charge in [0.05, 0.1) is 19.1 Å². The van der Waals surface area contributed by atoms with Crippen molar-refractivity contribution in [3.63, 3.8) is 0 Å². The van der Waals surface area contributed by atoms with Crippen LogP contribution in [-0.2, 0) is 22.4 Å². The van der Waals surface area contributed by atoms with Crippen molar-refractivity contribution in [1.82, 2.24) is 14.9 Å². The fourth-order valence-corrected chi connectivity index (χ4v) is 4.82. The molecule has 6 nitrogen and oxygen atoms in total. The molecule has 0 bridgehead atoms. The average molecular weight is 423 g/mol. The number of methoxy groups -OCH3 is 1. The largest absolute Gasteiger partial charge is 0.384 e. The zero-order valence-electron chi connectivity index (χ0n) is 18.8. The number of aromatic nitrogens is 2. The number of hydrogen-bond donors (Lipinski definition) is 0. The molecule has 1 aromatic heterocycles. The zero-order chi connectivity index (χ0) is 21.6. The van der Waals surface area contributed by atoms with E-state index in [2.05, 4.69) is 42.2 Å². The number of piperidine rings is 1. The number of nitrogens with zero attached hydrogens (tertiary/aromatic N) is 4. The van der Waals surface area contributed by atoms with E-state index in [9.17, 15) is 4.79 Å². The number of ether oxygens (including phenoxy) is 1. The molecule has 1 amide bonds. The molecule has 1 atom stereocenters. The Morgan fingerprint density at radius 3 is 2.77 bits per heavy atom. The Balaban J connectivity index is 1.58. The van der Waals surface area contributed by atoms with Gasteiger partial charge in [0.15, 0.2) is 5.82 Å². The van der Waals surface area contributed by atoms with E-state index < -0.39 is 0 Å². The molecular formula is C25H34N4O2. The van der Waals surface area contributed by atoms with Crippen LogP contribution in [0, 0.1) is 6.92 Å². The van der Waals surface area contributed by atoms with Gasteiger partial charge in [-0.2, -0.15) is 0 Å². The second-order valence-corrected chi connectivity index (χ2v) is 8.64. The van der Waals surface area contributed by atoms with E-state index in [1.165, 1.54) is 11.1 Å². The number of carbonyl (C=O) groups is 1. The smallest absolute Gasteiger partial charge is 0.225 e. The lowest BCUT2D eigenvalue weighted by molar-refractivity contribution is -0.136. The number of fused-ring (bicyclic) bond motifs is 1. The van der Waals surface area contributed by atoms with Gasteiger partial charge in [0, 0.05) is 38.0 Å². The van der Waals surface area contributed by atoms with Crippen LogP contribution in [0.4, 0.5) is 5.82 Å². The number of amides is 1. The van der Waals surface area contributed by atoms with Crippen LogP contribution >= 0.6 is 0 Å². The van der Waals surface area contributed by atoms with Crippen molar-refractivity contribution in [2.45, 2.75) is 57.9 Å². The van der Waals surface area contributed by atoms with Crippen LogP contribution in [0.3, 0.4) is 0 Å². The summed E-state index contributed by atoms with van der Waals surface area (Å²) in [4.78, 5) is 27.2. The summed E-state index contributed by atoms with van der Waals surface area (Å²) in [5.41, 5.74) is 3.69. The highest BCUT2D eigenvalue weighted by atomic mass is 16.5. The summed E-state index contributed by atoms with van der Waals surface area (Å²) in [5, 5.41) is 0. The van der Waals surface area contributed by atoms with Gasteiger partial charge in [0.2, 0.25) is 5.91 Å². The van der Waals surface area contributed by atoms with Gasteiger partial charge in [-0.1, -0.05) is 30.3 Å². The van der Waals surface area contributed by atoms with Crippen molar-refractivity contribution in [3.8, 4) is 0 Å². The molecule has 3 heterocycles. The van der Waals surface area contributed by atoms with E-state index in [0.29, 0.717) is 13.0 Å². The van der Waals surface area contributed by atoms with Crippen LogP contribution in [0.15, 0.2) is 30.3 Å². The third-order valence-corrected chi connectivity index (χ3v) is 6.52. The Bertz CT molecular complexity index is 887. The Morgan fingerprint density at radius 1 is 1.13 bits per heavy atom. The number of aryl methyl sites for hydroxylation is 1. The molecule has 0 aliphatic carbocycles. The standard InChI is InChI=1S/C25H34N4O2/c1-19-21-11-8-15-28(17-13-20-9-4-3-5-10-20)25(21)27-24(26-19)22-12-6-7-16-29(22)23(30)14-18-31-2/h3-5,9-10,22H,6-8,11-18H2,1-2H3. The molecule has 0 saturated carbocycles. The van der Waals surface area contributed by atoms with Crippen molar-refractivity contribution in [3.05, 3.63) is 53.0 Å². The topological polar surface area (TPSA) is 58.6 Å². The summed E-state index contributed by atoms with van der Waals surface area (Å²) in [6.07, 6.45) is 6.67. The molecule has 2 aromatic rings. The molecule has 1 aromatic carbocycles. The SMILES string of the molecule is COCCC(=O)N1CCCCC1c1nc(C)c2c(n1)N(CCc1ccccc1)CCC2. The molecule has 0 spiro atoms. The first-order valence-corrected chi connectivity index (χ1v) is 11.6. The van der Waals surface area contributed by atoms with E-state index >= 15 is 0 Å². The lowest BCUT2D eigenvalue weighted by atomic mass is 9.99. The van der Waals surface area contributed by atoms with Crippen molar-refractivity contribution in [1.29, 1.82) is 0 Å². The first-order chi connectivity index (χ1) is 15.2. The van der Waals surface area contributed by atoms with Gasteiger partial charge >= 0.3 is 0 Å². The molecule has 166 valence electrons. The van der Waals surface area contributed by atoms with E-state index in [1.54, 1.807) is 7.11 Å². The summed E-state index contributed by atoms with van der Waals surface area (Å²) in [6.45, 7) is 5.32. The Labute approximate surface area is 185 Å². The molecule has 1 unspecified atom stereocenters. The molecule has 6 heteroatoms. The van der Waals surface area contributed by atoms with Crippen molar-refractivity contribution >= 4 is 11.7 Å². The Kier molecular flexibility index (Phi) is 7.17. The molecule has 1 fully saturated rings. The van der Waals surface area contributed by atoms with Gasteiger partial charge in [-0.25, -0.2) is 9.97 Å². The predicted octanol–water partition coefficient (Wildman–Crippen LogP) is 3.87. The summed E-state index contributed by atoms with van der Waals surface area (Å²) >= 11 is 0. The normalized spacial score (nSPS) is 18.7. The van der Waals surface area contributed by atoms with E-state index in [-0.39, 0.29) is 11.9 Å². The number of anilines is 1. The van der Waals surface area contributed by atoms with E-state index in [1.807, 2.05) is 4.90 Å². The highest BCUT2D eigenvalue weighted by Gasteiger charge is 2.32. The molecule has 0 N–H and O–H groups in total. The van der Waals surface area contributed by atoms with Gasteiger partial charge in [-0.15, -0.1) is 0 Å². The third-order valence-electron chi connectivity index (χ3n) is 6.52. The van der Waals surface area contributed by atoms with Gasteiger partial charge in [0.1, 0.15) is 5.82 Å². The van der Waals surface area contributed by atoms with Crippen LogP contribution < -0.4 is 4.90 Å². The van der Waals surface area contributed by atoms with Gasteiger partial charge in [0.25, 0.3) is 0 Å². The molecule has 1 saturated heterocycles. The molecular weight excluding hydrogens is 388 g/mol. The number of hydrogen-bond acceptors (Lipinski definition) is 5. The molecule has 31 heavy (non-hydrogen) atoms. The fraction of sp³-hybridized carbons (Fsp3) is 0.560. The maximum atomic E-state index is 12.8. The molecule has 4 rings (SSSR count). The fourth-order valence-electron chi connectivity index (χ4n) is 4.82. The van der Waals surface area contributed by atoms with Crippen LogP contribution in [0.1, 0.15) is 60.8 Å². The number of carbonyl (C=O) groups excluding carboxylic acids is 1. The van der Waals surface area contributed by atoms with Crippen LogP contribution in [-0.4, -0.2) is 54.1 Å². The predicted molar refractivity (Wildman–Crippen MR) is 122 cm³/mol. The van der Waals surface area contributed by atoms with Crippen LogP contribution in [0.2, 0.25) is 0 Å². The lowest BCUT2D eigenvalue weighted by Crippen LogP contribution is -2.40. The van der Waals surface area contributed by atoms with Crippen molar-refractivity contribution in [2.75, 3.05) is 38.3 Å². The zero-order valence-corrected chi connectivity index (χ0v) is 18.8. The number of rotatable bonds is 7. The molecule has 2 aliphatic heterocycles. The van der Waals surface area contributed by atoms with Crippen LogP contribution in [0.25, 0.3) is 0 Å². The minimum atomic E-state index is -0.0278. The number of benzene rings is 1. The third kappa shape index (κ3) is 5.06. The first kappa shape index (κ1) is 21.8. The maximum absolute atomic E-state index is 12.8. The van der Waals surface area contributed by atoms with Gasteiger partial charge in [-0.3, -0.25) is 4.79 Å². The van der Waals surface area contributed by atoms with E-state index in [0.717, 1.165) is 75.5 Å². The van der Waals surface area contributed by atoms with Gasteiger partial charge in [-0.05, 0) is 51.0 Å². The Morgan fingerprint density at radius 2 is 1.97 bits per heavy atom. The van der Waals surface area contributed by atoms with E-state index in [4.69, 9.17) is 14.7 Å². The lowest BCUT2D eigenvalue weighted by Gasteiger charge is -2.37. The monoisotopic (exact) mass is 422 g/mol. The maximum Gasteiger partial charge on any atom is 0.225 e. The summed E-state index contributed by atoms with van der Waals surface area (Å²) < 4.78 is 5.13. The minimum absolute atomic E-state index is 0.0278.